The molecule has 3 aliphatic carbocycles. The molecule has 0 spiro atoms. The zero-order valence-electron chi connectivity index (χ0n) is 29.8. The molecule has 262 valence electrons. The van der Waals surface area contributed by atoms with Crippen molar-refractivity contribution in [1.82, 2.24) is 19.3 Å². The van der Waals surface area contributed by atoms with Gasteiger partial charge in [-0.2, -0.15) is 0 Å². The minimum absolute atomic E-state index is 0.428. The van der Waals surface area contributed by atoms with E-state index in [0.29, 0.717) is 35.1 Å². The summed E-state index contributed by atoms with van der Waals surface area (Å²) in [5.41, 5.74) is 29.1. The van der Waals surface area contributed by atoms with Crippen molar-refractivity contribution >= 4 is 29.5 Å². The molecule has 5 aliphatic rings. The minimum atomic E-state index is 0.428. The molecule has 2 aromatic heterocycles. The standard InChI is InChI=1S/C47H32N6O2/c1-3-23-49-43-32-37(55-47-22-19-35(18-20-40(43)47)38-13-8-6-10-15-44(38)52-27-25-48-33-52)29-34-17-21-46(54-2)41(30-34)42-31-36(12-11-24-50-42)39-14-7-4-5-9-16-45(39)53-28-26-51-53/h3-6,10-11,13-17,19-28,30-31,33,51H,1,29H2,2H3/b45-39-,49-23?. The monoisotopic (exact) mass is 712 g/mol. The largest absolute Gasteiger partial charge is 0.496 e. The molecule has 8 rings (SSSR count). The van der Waals surface area contributed by atoms with E-state index in [2.05, 4.69) is 62.1 Å². The summed E-state index contributed by atoms with van der Waals surface area (Å²) in [7, 11) is 1.66. The number of nitrogens with one attached hydrogen (secondary N) is 1. The average molecular weight is 713 g/mol. The minimum Gasteiger partial charge on any atom is -0.496 e. The predicted molar refractivity (Wildman–Crippen MR) is 217 cm³/mol. The average Bonchev–Trinajstić information content (AvgIpc) is 3.32. The van der Waals surface area contributed by atoms with Crippen molar-refractivity contribution in [2.24, 2.45) is 9.98 Å². The first kappa shape index (κ1) is 34.1. The summed E-state index contributed by atoms with van der Waals surface area (Å²) < 4.78 is 16.3. The second kappa shape index (κ2) is 15.7. The second-order valence-electron chi connectivity index (χ2n) is 12.2. The molecule has 0 saturated carbocycles. The van der Waals surface area contributed by atoms with Crippen molar-refractivity contribution < 1.29 is 9.47 Å². The smallest absolute Gasteiger partial charge is 0.153 e. The molecule has 8 nitrogen and oxygen atoms in total. The van der Waals surface area contributed by atoms with Crippen LogP contribution in [0.1, 0.15) is 11.1 Å². The molecule has 0 radical (unpaired) electrons. The van der Waals surface area contributed by atoms with Gasteiger partial charge < -0.3 is 19.1 Å². The van der Waals surface area contributed by atoms with Gasteiger partial charge in [0.2, 0.25) is 0 Å². The number of imidazole rings is 1. The van der Waals surface area contributed by atoms with Crippen LogP contribution >= 0.6 is 0 Å². The second-order valence-corrected chi connectivity index (χ2v) is 12.2. The summed E-state index contributed by atoms with van der Waals surface area (Å²) in [6.07, 6.45) is 39.6. The normalized spacial score (nSPS) is 18.3. The first-order chi connectivity index (χ1) is 27.2. The zero-order chi connectivity index (χ0) is 37.4. The summed E-state index contributed by atoms with van der Waals surface area (Å²) in [4.78, 5) is 13.7. The lowest BCUT2D eigenvalue weighted by Gasteiger charge is -2.17. The van der Waals surface area contributed by atoms with E-state index in [9.17, 15) is 0 Å². The molecule has 0 bridgehead atoms. The van der Waals surface area contributed by atoms with E-state index >= 15 is 0 Å². The van der Waals surface area contributed by atoms with E-state index in [0.717, 1.165) is 50.4 Å². The molecule has 4 heterocycles. The van der Waals surface area contributed by atoms with Crippen molar-refractivity contribution in [2.75, 3.05) is 7.11 Å². The Morgan fingerprint density at radius 3 is 2.58 bits per heavy atom. The Labute approximate surface area is 318 Å². The van der Waals surface area contributed by atoms with Crippen molar-refractivity contribution in [2.45, 2.75) is 6.42 Å². The quantitative estimate of drug-likeness (QED) is 0.168. The number of methoxy groups -OCH3 is 1. The van der Waals surface area contributed by atoms with Gasteiger partial charge in [-0.25, -0.2) is 9.98 Å². The summed E-state index contributed by atoms with van der Waals surface area (Å²) in [5, 5.41) is 3.18. The van der Waals surface area contributed by atoms with Crippen molar-refractivity contribution in [3.8, 4) is 5.75 Å². The van der Waals surface area contributed by atoms with Crippen molar-refractivity contribution in [1.29, 1.82) is 0 Å². The number of nitrogens with zero attached hydrogens (tertiary/aromatic N) is 5. The number of hydrogen-bond acceptors (Lipinski definition) is 5. The Morgan fingerprint density at radius 1 is 0.927 bits per heavy atom. The Morgan fingerprint density at radius 2 is 1.78 bits per heavy atom. The highest BCUT2D eigenvalue weighted by Gasteiger charge is 2.21. The maximum atomic E-state index is 6.55. The SMILES string of the molecule is C=CC=NC1=C=C(Cc2ccc(OC)c(C3=CC(/C4=C(\n5cc[nH]5)C=C=CC=C=C4)=C=CC=N3)c2)OC2=C1C=C=C(C1=C(n3ccnc3)C=CC=C=C1)C=C2. The van der Waals surface area contributed by atoms with Gasteiger partial charge in [0.25, 0.3) is 0 Å². The third-order valence-corrected chi connectivity index (χ3v) is 8.82. The Bertz CT molecular complexity index is 2790. The van der Waals surface area contributed by atoms with E-state index < -0.39 is 0 Å². The van der Waals surface area contributed by atoms with Crippen LogP contribution in [0.5, 0.6) is 5.75 Å². The Balaban J connectivity index is 1.14. The molecule has 1 aromatic carbocycles. The van der Waals surface area contributed by atoms with Crippen LogP contribution in [0.15, 0.2) is 230 Å². The number of aromatic nitrogens is 4. The molecule has 55 heavy (non-hydrogen) atoms. The lowest BCUT2D eigenvalue weighted by Crippen LogP contribution is -2.07. The summed E-state index contributed by atoms with van der Waals surface area (Å²) in [6, 6.07) is 6.03. The highest BCUT2D eigenvalue weighted by atomic mass is 16.5. The van der Waals surface area contributed by atoms with Gasteiger partial charge in [0.05, 0.1) is 36.1 Å². The molecule has 0 fully saturated rings. The van der Waals surface area contributed by atoms with Gasteiger partial charge in [0.1, 0.15) is 17.2 Å². The van der Waals surface area contributed by atoms with E-state index in [1.54, 1.807) is 44.2 Å². The van der Waals surface area contributed by atoms with Gasteiger partial charge in [0, 0.05) is 77.6 Å². The lowest BCUT2D eigenvalue weighted by atomic mass is 9.98. The van der Waals surface area contributed by atoms with Gasteiger partial charge in [0.15, 0.2) is 5.76 Å². The number of allylic oxidation sites excluding steroid dienone is 15. The first-order valence-corrected chi connectivity index (χ1v) is 17.4. The topological polar surface area (TPSA) is 81.7 Å². The number of rotatable bonds is 10. The van der Waals surface area contributed by atoms with Gasteiger partial charge >= 0.3 is 0 Å². The van der Waals surface area contributed by atoms with Crippen molar-refractivity contribution in [3.05, 3.63) is 232 Å². The van der Waals surface area contributed by atoms with Crippen molar-refractivity contribution in [3.63, 3.8) is 0 Å². The van der Waals surface area contributed by atoms with Gasteiger partial charge in [-0.05, 0) is 84.5 Å². The number of hydrogen-bond donors (Lipinski definition) is 1. The molecule has 0 atom stereocenters. The zero-order valence-corrected chi connectivity index (χ0v) is 29.8. The third kappa shape index (κ3) is 7.36. The van der Waals surface area contributed by atoms with E-state index in [-0.39, 0.29) is 0 Å². The molecule has 8 heteroatoms. The van der Waals surface area contributed by atoms with E-state index in [1.165, 1.54) is 0 Å². The Hall–Kier alpha value is -7.99. The van der Waals surface area contributed by atoms with Gasteiger partial charge in [-0.1, -0.05) is 30.5 Å². The molecular formula is C47H32N6O2. The van der Waals surface area contributed by atoms with Crippen LogP contribution in [0.2, 0.25) is 0 Å². The van der Waals surface area contributed by atoms with Gasteiger partial charge in [-0.15, -0.1) is 28.7 Å². The lowest BCUT2D eigenvalue weighted by molar-refractivity contribution is 0.306. The number of benzene rings is 1. The fourth-order valence-corrected chi connectivity index (χ4v) is 6.19. The number of H-pyrrole nitrogens is 1. The number of aliphatic imine (C=N–C) groups is 2. The molecule has 2 aliphatic heterocycles. The highest BCUT2D eigenvalue weighted by Crippen LogP contribution is 2.35. The Kier molecular flexibility index (Phi) is 9.75. The number of aromatic amines is 1. The van der Waals surface area contributed by atoms with Crippen LogP contribution in [0.25, 0.3) is 17.1 Å². The summed E-state index contributed by atoms with van der Waals surface area (Å²) >= 11 is 0. The van der Waals surface area contributed by atoms with Crippen LogP contribution in [0, 0.1) is 0 Å². The number of ether oxygens (including phenoxy) is 2. The van der Waals surface area contributed by atoms with Crippen LogP contribution in [-0.2, 0) is 11.2 Å². The maximum absolute atomic E-state index is 6.55. The van der Waals surface area contributed by atoms with Crippen LogP contribution in [0.3, 0.4) is 0 Å². The molecule has 0 saturated heterocycles. The van der Waals surface area contributed by atoms with E-state index in [1.807, 2.05) is 113 Å². The first-order valence-electron chi connectivity index (χ1n) is 17.4. The van der Waals surface area contributed by atoms with E-state index in [4.69, 9.17) is 14.5 Å². The fraction of sp³-hybridized carbons (Fsp3) is 0.0426. The molecule has 3 aromatic rings. The third-order valence-electron chi connectivity index (χ3n) is 8.82. The fourth-order valence-electron chi connectivity index (χ4n) is 6.19. The van der Waals surface area contributed by atoms with Crippen LogP contribution in [0.4, 0.5) is 0 Å². The highest BCUT2D eigenvalue weighted by molar-refractivity contribution is 5.86. The maximum Gasteiger partial charge on any atom is 0.153 e. The summed E-state index contributed by atoms with van der Waals surface area (Å²) in [6.45, 7) is 3.83. The molecule has 1 N–H and O–H groups in total. The molecule has 0 unspecified atom stereocenters. The van der Waals surface area contributed by atoms with Crippen LogP contribution < -0.4 is 4.74 Å². The molecule has 0 amide bonds. The predicted octanol–water partition coefficient (Wildman–Crippen LogP) is 9.17. The van der Waals surface area contributed by atoms with Gasteiger partial charge in [-0.3, -0.25) is 9.67 Å². The van der Waals surface area contributed by atoms with Crippen LogP contribution in [-0.4, -0.2) is 38.9 Å². The molecular weight excluding hydrogens is 681 g/mol. The summed E-state index contributed by atoms with van der Waals surface area (Å²) in [5.74, 6) is 1.91.